The molecule has 1 spiro atoms. The fourth-order valence-electron chi connectivity index (χ4n) is 5.10. The Morgan fingerprint density at radius 2 is 1.86 bits per heavy atom. The fourth-order valence-corrected chi connectivity index (χ4v) is 5.10. The van der Waals surface area contributed by atoms with Crippen LogP contribution in [0.4, 0.5) is 5.69 Å². The molecule has 1 atom stereocenters. The predicted octanol–water partition coefficient (Wildman–Crippen LogP) is 1.05. The van der Waals surface area contributed by atoms with E-state index in [1.807, 2.05) is 0 Å². The summed E-state index contributed by atoms with van der Waals surface area (Å²) in [5.41, 5.74) is 4.76. The molecule has 0 aliphatic carbocycles. The average Bonchev–Trinajstić information content (AvgIpc) is 3.10. The first-order chi connectivity index (χ1) is 17.7. The van der Waals surface area contributed by atoms with Gasteiger partial charge in [-0.1, -0.05) is 18.2 Å². The first kappa shape index (κ1) is 23.8. The highest BCUT2D eigenvalue weighted by Crippen LogP contribution is 2.54. The van der Waals surface area contributed by atoms with Gasteiger partial charge < -0.3 is 24.9 Å². The van der Waals surface area contributed by atoms with Gasteiger partial charge in [-0.05, 0) is 30.7 Å². The number of hydrogen-bond acceptors (Lipinski definition) is 8. The van der Waals surface area contributed by atoms with Gasteiger partial charge in [0, 0.05) is 35.4 Å². The molecule has 2 aliphatic heterocycles. The molecular formula is C26H22N4O7. The van der Waals surface area contributed by atoms with Gasteiger partial charge in [0.15, 0.2) is 0 Å². The van der Waals surface area contributed by atoms with Gasteiger partial charge in [-0.15, -0.1) is 0 Å². The number of hydrogen-bond donors (Lipinski definition) is 2. The molecule has 11 heteroatoms. The number of carbonyl (C=O) groups excluding carboxylic acids is 2. The molecule has 37 heavy (non-hydrogen) atoms. The van der Waals surface area contributed by atoms with Crippen LogP contribution in [0.3, 0.4) is 0 Å². The van der Waals surface area contributed by atoms with E-state index in [0.717, 1.165) is 17.6 Å². The number of aliphatic carboxylic acids is 1. The summed E-state index contributed by atoms with van der Waals surface area (Å²) < 4.78 is 12.2. The van der Waals surface area contributed by atoms with Crippen molar-refractivity contribution in [2.75, 3.05) is 18.6 Å². The van der Waals surface area contributed by atoms with Crippen LogP contribution in [0.25, 0.3) is 0 Å². The number of rotatable bonds is 5. The highest BCUT2D eigenvalue weighted by atomic mass is 16.5. The summed E-state index contributed by atoms with van der Waals surface area (Å²) in [4.78, 5) is 58.4. The van der Waals surface area contributed by atoms with Crippen molar-refractivity contribution in [2.24, 2.45) is 5.73 Å². The Labute approximate surface area is 210 Å². The Morgan fingerprint density at radius 1 is 1.16 bits per heavy atom. The Kier molecular flexibility index (Phi) is 5.55. The molecule has 4 heterocycles. The second kappa shape index (κ2) is 8.63. The second-order valence-corrected chi connectivity index (χ2v) is 8.66. The summed E-state index contributed by atoms with van der Waals surface area (Å²) in [5, 5.41) is 9.55. The molecule has 0 bridgehead atoms. The summed E-state index contributed by atoms with van der Waals surface area (Å²) in [5.74, 6) is -3.49. The maximum absolute atomic E-state index is 14.3. The molecule has 1 unspecified atom stereocenters. The van der Waals surface area contributed by atoms with E-state index in [1.54, 1.807) is 61.8 Å². The van der Waals surface area contributed by atoms with Crippen molar-refractivity contribution in [2.45, 2.75) is 18.9 Å². The average molecular weight is 502 g/mol. The SMILES string of the molecule is COC(=O)C1=C(N)Oc2cc(C)n(Cc3ccncc3)c(=O)c2C12C(=O)N(CC(=O)O)c1ccccc12. The third-order valence-electron chi connectivity index (χ3n) is 6.63. The van der Waals surface area contributed by atoms with Crippen molar-refractivity contribution >= 4 is 23.5 Å². The van der Waals surface area contributed by atoms with Crippen molar-refractivity contribution in [3.05, 3.63) is 99.1 Å². The number of nitrogens with two attached hydrogens (primary N) is 1. The van der Waals surface area contributed by atoms with Gasteiger partial charge >= 0.3 is 11.9 Å². The molecule has 0 radical (unpaired) electrons. The number of nitrogens with zero attached hydrogens (tertiary/aromatic N) is 3. The topological polar surface area (TPSA) is 154 Å². The summed E-state index contributed by atoms with van der Waals surface area (Å²) in [6.07, 6.45) is 3.19. The summed E-state index contributed by atoms with van der Waals surface area (Å²) >= 11 is 0. The standard InChI is InChI=1S/C26H22N4O7/c1-14-11-18-20(23(33)29(14)12-15-7-9-28-10-8-15)26(21(22(27)37-18)24(34)36-2)16-5-3-4-6-17(16)30(25(26)35)13-19(31)32/h3-11H,12-13,27H2,1-2H3,(H,31,32). The van der Waals surface area contributed by atoms with Crippen LogP contribution in [0.5, 0.6) is 5.75 Å². The van der Waals surface area contributed by atoms with Crippen LogP contribution in [0.2, 0.25) is 0 Å². The van der Waals surface area contributed by atoms with Gasteiger partial charge in [-0.3, -0.25) is 24.3 Å². The van der Waals surface area contributed by atoms with E-state index in [2.05, 4.69) is 4.98 Å². The third kappa shape index (κ3) is 3.39. The monoisotopic (exact) mass is 502 g/mol. The molecule has 5 rings (SSSR count). The molecule has 3 aromatic rings. The van der Waals surface area contributed by atoms with Crippen LogP contribution in [-0.4, -0.2) is 46.2 Å². The van der Waals surface area contributed by atoms with E-state index < -0.39 is 41.2 Å². The molecule has 1 amide bonds. The Bertz CT molecular complexity index is 1560. The molecule has 0 fully saturated rings. The number of benzene rings is 1. The number of fused-ring (bicyclic) bond motifs is 4. The number of methoxy groups -OCH3 is 1. The molecule has 0 saturated carbocycles. The largest absolute Gasteiger partial charge is 0.480 e. The fraction of sp³-hybridized carbons (Fsp3) is 0.192. The number of ether oxygens (including phenoxy) is 2. The van der Waals surface area contributed by atoms with Crippen molar-refractivity contribution in [3.8, 4) is 5.75 Å². The highest BCUT2D eigenvalue weighted by Gasteiger charge is 2.62. The first-order valence-corrected chi connectivity index (χ1v) is 11.2. The number of carboxylic acid groups (broad SMARTS) is 1. The van der Waals surface area contributed by atoms with Crippen molar-refractivity contribution in [1.29, 1.82) is 0 Å². The summed E-state index contributed by atoms with van der Waals surface area (Å²) in [7, 11) is 1.11. The number of pyridine rings is 2. The van der Waals surface area contributed by atoms with E-state index >= 15 is 0 Å². The normalized spacial score (nSPS) is 17.9. The number of amides is 1. The lowest BCUT2D eigenvalue weighted by atomic mass is 9.68. The molecule has 2 aliphatic rings. The van der Waals surface area contributed by atoms with Crippen LogP contribution in [-0.2, 0) is 31.1 Å². The van der Waals surface area contributed by atoms with Crippen molar-refractivity contribution < 1.29 is 29.0 Å². The number of anilines is 1. The minimum atomic E-state index is -2.08. The van der Waals surface area contributed by atoms with E-state index in [1.165, 1.54) is 4.57 Å². The minimum Gasteiger partial charge on any atom is -0.480 e. The van der Waals surface area contributed by atoms with E-state index in [4.69, 9.17) is 15.2 Å². The summed E-state index contributed by atoms with van der Waals surface area (Å²) in [6, 6.07) is 11.4. The van der Waals surface area contributed by atoms with Gasteiger partial charge in [-0.25, -0.2) is 4.79 Å². The second-order valence-electron chi connectivity index (χ2n) is 8.66. The van der Waals surface area contributed by atoms with Crippen LogP contribution in [0.15, 0.2) is 71.1 Å². The Morgan fingerprint density at radius 3 is 2.54 bits per heavy atom. The number of aromatic nitrogens is 2. The van der Waals surface area contributed by atoms with Gasteiger partial charge in [0.1, 0.15) is 23.3 Å². The maximum Gasteiger partial charge on any atom is 0.340 e. The lowest BCUT2D eigenvalue weighted by Crippen LogP contribution is -2.52. The van der Waals surface area contributed by atoms with Crippen LogP contribution < -0.4 is 20.9 Å². The van der Waals surface area contributed by atoms with Crippen molar-refractivity contribution in [1.82, 2.24) is 9.55 Å². The Balaban J connectivity index is 1.88. The number of carboxylic acids is 1. The Hall–Kier alpha value is -4.93. The number of aryl methyl sites for hydroxylation is 1. The quantitative estimate of drug-likeness (QED) is 0.487. The first-order valence-electron chi connectivity index (χ1n) is 11.2. The molecule has 0 saturated heterocycles. The van der Waals surface area contributed by atoms with Gasteiger partial charge in [0.05, 0.1) is 19.2 Å². The lowest BCUT2D eigenvalue weighted by Gasteiger charge is -2.35. The zero-order valence-corrected chi connectivity index (χ0v) is 19.9. The van der Waals surface area contributed by atoms with Crippen LogP contribution in [0.1, 0.15) is 22.4 Å². The van der Waals surface area contributed by atoms with E-state index in [-0.39, 0.29) is 34.7 Å². The summed E-state index contributed by atoms with van der Waals surface area (Å²) in [6.45, 7) is 1.16. The molecular weight excluding hydrogens is 480 g/mol. The van der Waals surface area contributed by atoms with Gasteiger partial charge in [-0.2, -0.15) is 0 Å². The minimum absolute atomic E-state index is 0.000963. The number of para-hydroxylation sites is 1. The molecule has 1 aromatic carbocycles. The molecule has 3 N–H and O–H groups in total. The molecule has 11 nitrogen and oxygen atoms in total. The highest BCUT2D eigenvalue weighted by molar-refractivity contribution is 6.19. The number of esters is 1. The third-order valence-corrected chi connectivity index (χ3v) is 6.63. The van der Waals surface area contributed by atoms with Crippen LogP contribution in [0, 0.1) is 6.92 Å². The van der Waals surface area contributed by atoms with E-state index in [0.29, 0.717) is 5.69 Å². The molecule has 188 valence electrons. The van der Waals surface area contributed by atoms with Gasteiger partial charge in [0.2, 0.25) is 11.8 Å². The van der Waals surface area contributed by atoms with E-state index in [9.17, 15) is 24.3 Å². The molecule has 2 aromatic heterocycles. The van der Waals surface area contributed by atoms with Gasteiger partial charge in [0.25, 0.3) is 5.56 Å². The zero-order valence-electron chi connectivity index (χ0n) is 19.9. The zero-order chi connectivity index (χ0) is 26.5. The van der Waals surface area contributed by atoms with Crippen molar-refractivity contribution in [3.63, 3.8) is 0 Å². The maximum atomic E-state index is 14.3. The smallest absolute Gasteiger partial charge is 0.340 e. The van der Waals surface area contributed by atoms with Crippen LogP contribution >= 0.6 is 0 Å². The predicted molar refractivity (Wildman–Crippen MR) is 130 cm³/mol. The number of carbonyl (C=O) groups is 3. The lowest BCUT2D eigenvalue weighted by molar-refractivity contribution is -0.138.